The summed E-state index contributed by atoms with van der Waals surface area (Å²) in [5.41, 5.74) is 2.57. The number of benzene rings is 2. The molecule has 0 radical (unpaired) electrons. The van der Waals surface area contributed by atoms with Crippen molar-refractivity contribution >= 4 is 0 Å². The predicted molar refractivity (Wildman–Crippen MR) is 118 cm³/mol. The molecular formula is C25H36N2O. The van der Waals surface area contributed by atoms with Gasteiger partial charge in [0.25, 0.3) is 0 Å². The Balaban J connectivity index is 1.68. The highest BCUT2D eigenvalue weighted by Gasteiger charge is 2.23. The van der Waals surface area contributed by atoms with Crippen LogP contribution in [0.5, 0.6) is 5.75 Å². The molecule has 0 spiro atoms. The van der Waals surface area contributed by atoms with Crippen molar-refractivity contribution in [3.63, 3.8) is 0 Å². The minimum Gasteiger partial charge on any atom is -0.496 e. The van der Waals surface area contributed by atoms with Crippen LogP contribution in [0.1, 0.15) is 69.0 Å². The van der Waals surface area contributed by atoms with Crippen molar-refractivity contribution in [2.75, 3.05) is 7.11 Å². The van der Waals surface area contributed by atoms with Gasteiger partial charge in [-0.3, -0.25) is 0 Å². The second kappa shape index (κ2) is 11.2. The van der Waals surface area contributed by atoms with E-state index in [1.165, 1.54) is 56.1 Å². The van der Waals surface area contributed by atoms with E-state index in [1.54, 1.807) is 7.11 Å². The number of hydrogen-bond donors (Lipinski definition) is 2. The highest BCUT2D eigenvalue weighted by Crippen LogP contribution is 2.24. The van der Waals surface area contributed by atoms with E-state index in [2.05, 4.69) is 60.0 Å². The molecule has 0 heterocycles. The molecular weight excluding hydrogens is 344 g/mol. The summed E-state index contributed by atoms with van der Waals surface area (Å²) in [6.07, 6.45) is 9.47. The van der Waals surface area contributed by atoms with Gasteiger partial charge in [0.1, 0.15) is 5.75 Å². The Labute approximate surface area is 170 Å². The molecule has 2 aromatic rings. The fraction of sp³-hybridized carbons (Fsp3) is 0.520. The van der Waals surface area contributed by atoms with Gasteiger partial charge in [-0.15, -0.1) is 0 Å². The van der Waals surface area contributed by atoms with Gasteiger partial charge >= 0.3 is 0 Å². The van der Waals surface area contributed by atoms with Gasteiger partial charge in [0.15, 0.2) is 0 Å². The number of ether oxygens (including phenoxy) is 1. The number of methoxy groups -OCH3 is 1. The highest BCUT2D eigenvalue weighted by molar-refractivity contribution is 5.33. The molecule has 2 atom stereocenters. The van der Waals surface area contributed by atoms with Crippen LogP contribution in [-0.2, 0) is 6.54 Å². The van der Waals surface area contributed by atoms with E-state index in [4.69, 9.17) is 4.74 Å². The van der Waals surface area contributed by atoms with Gasteiger partial charge in [-0.05, 0) is 31.4 Å². The minimum absolute atomic E-state index is 0.306. The summed E-state index contributed by atoms with van der Waals surface area (Å²) in [6, 6.07) is 20.4. The molecule has 152 valence electrons. The number of hydrogen-bond acceptors (Lipinski definition) is 3. The maximum Gasteiger partial charge on any atom is 0.123 e. The van der Waals surface area contributed by atoms with Crippen LogP contribution >= 0.6 is 0 Å². The summed E-state index contributed by atoms with van der Waals surface area (Å²) < 4.78 is 5.51. The van der Waals surface area contributed by atoms with E-state index in [1.807, 2.05) is 12.1 Å². The average Bonchev–Trinajstić information content (AvgIpc) is 2.72. The largest absolute Gasteiger partial charge is 0.496 e. The minimum atomic E-state index is 0.306. The molecule has 3 nitrogen and oxygen atoms in total. The molecule has 3 rings (SSSR count). The fourth-order valence-electron chi connectivity index (χ4n) is 4.30. The Morgan fingerprint density at radius 2 is 1.54 bits per heavy atom. The first-order valence-electron chi connectivity index (χ1n) is 10.9. The second-order valence-corrected chi connectivity index (χ2v) is 8.08. The molecule has 1 fully saturated rings. The summed E-state index contributed by atoms with van der Waals surface area (Å²) in [7, 11) is 1.74. The lowest BCUT2D eigenvalue weighted by molar-refractivity contribution is 0.310. The molecule has 1 aliphatic rings. The monoisotopic (exact) mass is 380 g/mol. The third-order valence-corrected chi connectivity index (χ3v) is 5.99. The SMILES string of the molecule is COc1ccccc1CNC(C)C(NC1CCCCCCC1)c1ccccc1. The summed E-state index contributed by atoms with van der Waals surface area (Å²) in [4.78, 5) is 0. The molecule has 28 heavy (non-hydrogen) atoms. The Morgan fingerprint density at radius 1 is 0.893 bits per heavy atom. The van der Waals surface area contributed by atoms with Crippen molar-refractivity contribution < 1.29 is 4.74 Å². The van der Waals surface area contributed by atoms with Gasteiger partial charge < -0.3 is 15.4 Å². The molecule has 1 aliphatic carbocycles. The van der Waals surface area contributed by atoms with Crippen LogP contribution in [0.2, 0.25) is 0 Å². The Morgan fingerprint density at radius 3 is 2.25 bits per heavy atom. The standard InChI is InChI=1S/C25H36N2O/c1-20(26-19-22-15-11-12-18-24(22)28-2)25(21-13-7-6-8-14-21)27-23-16-9-4-3-5-10-17-23/h6-8,11-15,18,20,23,25-27H,3-5,9-10,16-17,19H2,1-2H3. The molecule has 2 unspecified atom stereocenters. The third kappa shape index (κ3) is 6.08. The van der Waals surface area contributed by atoms with Crippen LogP contribution in [0, 0.1) is 0 Å². The molecule has 0 amide bonds. The molecule has 2 N–H and O–H groups in total. The molecule has 3 heteroatoms. The molecule has 0 aliphatic heterocycles. The van der Waals surface area contributed by atoms with Gasteiger partial charge in [0.2, 0.25) is 0 Å². The fourth-order valence-corrected chi connectivity index (χ4v) is 4.30. The molecule has 0 saturated heterocycles. The van der Waals surface area contributed by atoms with Crippen molar-refractivity contribution in [2.45, 2.75) is 76.5 Å². The zero-order valence-electron chi connectivity index (χ0n) is 17.5. The first-order valence-corrected chi connectivity index (χ1v) is 10.9. The average molecular weight is 381 g/mol. The highest BCUT2D eigenvalue weighted by atomic mass is 16.5. The summed E-state index contributed by atoms with van der Waals surface area (Å²) in [5, 5.41) is 7.76. The van der Waals surface area contributed by atoms with Crippen LogP contribution < -0.4 is 15.4 Å². The summed E-state index contributed by atoms with van der Waals surface area (Å²) in [5.74, 6) is 0.950. The van der Waals surface area contributed by atoms with Gasteiger partial charge in [0, 0.05) is 30.2 Å². The summed E-state index contributed by atoms with van der Waals surface area (Å²) >= 11 is 0. The number of para-hydroxylation sites is 1. The smallest absolute Gasteiger partial charge is 0.123 e. The van der Waals surface area contributed by atoms with Crippen molar-refractivity contribution in [1.82, 2.24) is 10.6 Å². The van der Waals surface area contributed by atoms with E-state index in [0.717, 1.165) is 12.3 Å². The zero-order chi connectivity index (χ0) is 19.6. The maximum absolute atomic E-state index is 5.51. The van der Waals surface area contributed by atoms with Crippen molar-refractivity contribution in [1.29, 1.82) is 0 Å². The topological polar surface area (TPSA) is 33.3 Å². The lowest BCUT2D eigenvalue weighted by atomic mass is 9.93. The number of rotatable bonds is 8. The van der Waals surface area contributed by atoms with Gasteiger partial charge in [0.05, 0.1) is 7.11 Å². The second-order valence-electron chi connectivity index (χ2n) is 8.08. The first kappa shape index (κ1) is 20.9. The normalized spacial score (nSPS) is 18.1. The third-order valence-electron chi connectivity index (χ3n) is 5.99. The van der Waals surface area contributed by atoms with Crippen LogP contribution in [0.3, 0.4) is 0 Å². The van der Waals surface area contributed by atoms with Crippen LogP contribution in [0.25, 0.3) is 0 Å². The van der Waals surface area contributed by atoms with E-state index >= 15 is 0 Å². The van der Waals surface area contributed by atoms with Crippen LogP contribution in [-0.4, -0.2) is 19.2 Å². The Hall–Kier alpha value is -1.84. The lowest BCUT2D eigenvalue weighted by Gasteiger charge is -2.32. The Bertz CT molecular complexity index is 680. The van der Waals surface area contributed by atoms with Crippen molar-refractivity contribution in [2.24, 2.45) is 0 Å². The molecule has 2 aromatic carbocycles. The maximum atomic E-state index is 5.51. The molecule has 0 aromatic heterocycles. The van der Waals surface area contributed by atoms with Crippen LogP contribution in [0.15, 0.2) is 54.6 Å². The Kier molecular flexibility index (Phi) is 8.38. The van der Waals surface area contributed by atoms with Gasteiger partial charge in [-0.1, -0.05) is 80.6 Å². The summed E-state index contributed by atoms with van der Waals surface area (Å²) in [6.45, 7) is 3.10. The first-order chi connectivity index (χ1) is 13.8. The quantitative estimate of drug-likeness (QED) is 0.624. The van der Waals surface area contributed by atoms with Gasteiger partial charge in [-0.2, -0.15) is 0 Å². The van der Waals surface area contributed by atoms with Gasteiger partial charge in [-0.25, -0.2) is 0 Å². The number of nitrogens with one attached hydrogen (secondary N) is 2. The van der Waals surface area contributed by atoms with Crippen molar-refractivity contribution in [3.05, 3.63) is 65.7 Å². The lowest BCUT2D eigenvalue weighted by Crippen LogP contribution is -2.44. The zero-order valence-corrected chi connectivity index (χ0v) is 17.5. The molecule has 0 bridgehead atoms. The molecule has 1 saturated carbocycles. The van der Waals surface area contributed by atoms with E-state index in [0.29, 0.717) is 18.1 Å². The van der Waals surface area contributed by atoms with Crippen LogP contribution in [0.4, 0.5) is 0 Å². The predicted octanol–water partition coefficient (Wildman–Crippen LogP) is 5.62. The van der Waals surface area contributed by atoms with E-state index < -0.39 is 0 Å². The van der Waals surface area contributed by atoms with Crippen molar-refractivity contribution in [3.8, 4) is 5.75 Å². The van der Waals surface area contributed by atoms with E-state index in [9.17, 15) is 0 Å². The van der Waals surface area contributed by atoms with E-state index in [-0.39, 0.29) is 0 Å².